The fourth-order valence-electron chi connectivity index (χ4n) is 2.42. The highest BCUT2D eigenvalue weighted by Crippen LogP contribution is 2.39. The Kier molecular flexibility index (Phi) is 5.48. The van der Waals surface area contributed by atoms with E-state index in [9.17, 15) is 0 Å². The molecule has 4 heteroatoms. The smallest absolute Gasteiger partial charge is 0.246 e. The summed E-state index contributed by atoms with van der Waals surface area (Å²) in [5.41, 5.74) is 1.25. The number of hydrogen-bond donors (Lipinski definition) is 0. The maximum absolute atomic E-state index is 5.75. The van der Waals surface area contributed by atoms with Gasteiger partial charge in [0.1, 0.15) is 0 Å². The second kappa shape index (κ2) is 7.14. The Morgan fingerprint density at radius 1 is 1.14 bits per heavy atom. The van der Waals surface area contributed by atoms with Crippen LogP contribution < -0.4 is 9.47 Å². The summed E-state index contributed by atoms with van der Waals surface area (Å²) in [6, 6.07) is 6.15. The minimum absolute atomic E-state index is 0.447. The van der Waals surface area contributed by atoms with Gasteiger partial charge in [-0.1, -0.05) is 13.0 Å². The average Bonchev–Trinajstić information content (AvgIpc) is 2.71. The first kappa shape index (κ1) is 16.1. The van der Waals surface area contributed by atoms with Gasteiger partial charge in [-0.15, -0.1) is 0 Å². The number of methoxy groups -OCH3 is 1. The topological polar surface area (TPSA) is 36.9 Å². The van der Waals surface area contributed by atoms with E-state index in [4.69, 9.17) is 18.9 Å². The molecule has 1 heterocycles. The summed E-state index contributed by atoms with van der Waals surface area (Å²) in [4.78, 5) is 0. The van der Waals surface area contributed by atoms with E-state index in [1.54, 1.807) is 7.11 Å². The SMILES string of the molecule is COCC(C)COCCCc1ccc2c(c1)OC(C)(C)O2. The summed E-state index contributed by atoms with van der Waals surface area (Å²) in [5, 5.41) is 0. The monoisotopic (exact) mass is 294 g/mol. The molecule has 2 rings (SSSR count). The zero-order valence-corrected chi connectivity index (χ0v) is 13.5. The molecule has 0 bridgehead atoms. The molecule has 1 aromatic rings. The van der Waals surface area contributed by atoms with E-state index in [0.717, 1.165) is 44.2 Å². The zero-order chi connectivity index (χ0) is 15.3. The molecule has 0 spiro atoms. The third-order valence-corrected chi connectivity index (χ3v) is 3.33. The molecule has 1 aromatic carbocycles. The van der Waals surface area contributed by atoms with Crippen molar-refractivity contribution in [1.29, 1.82) is 0 Å². The molecule has 0 aliphatic carbocycles. The molecule has 0 N–H and O–H groups in total. The lowest BCUT2D eigenvalue weighted by Crippen LogP contribution is -2.29. The maximum Gasteiger partial charge on any atom is 0.246 e. The molecule has 1 atom stereocenters. The van der Waals surface area contributed by atoms with Crippen LogP contribution in [0.2, 0.25) is 0 Å². The van der Waals surface area contributed by atoms with E-state index in [1.165, 1.54) is 5.56 Å². The third kappa shape index (κ3) is 4.90. The molecule has 118 valence electrons. The third-order valence-electron chi connectivity index (χ3n) is 3.33. The molecule has 0 fully saturated rings. The van der Waals surface area contributed by atoms with E-state index in [2.05, 4.69) is 19.1 Å². The van der Waals surface area contributed by atoms with E-state index in [1.807, 2.05) is 19.9 Å². The van der Waals surface area contributed by atoms with Crippen LogP contribution in [0, 0.1) is 5.92 Å². The standard InChI is InChI=1S/C17H26O4/c1-13(11-18-4)12-19-9-5-6-14-7-8-15-16(10-14)21-17(2,3)20-15/h7-8,10,13H,5-6,9,11-12H2,1-4H3. The molecule has 0 radical (unpaired) electrons. The Morgan fingerprint density at radius 2 is 1.90 bits per heavy atom. The first-order chi connectivity index (χ1) is 10.00. The van der Waals surface area contributed by atoms with Gasteiger partial charge in [0.2, 0.25) is 5.79 Å². The Hall–Kier alpha value is -1.26. The lowest BCUT2D eigenvalue weighted by molar-refractivity contribution is -0.0431. The van der Waals surface area contributed by atoms with E-state index >= 15 is 0 Å². The normalized spacial score (nSPS) is 17.0. The molecule has 1 aliphatic rings. The van der Waals surface area contributed by atoms with Crippen LogP contribution in [0.1, 0.15) is 32.8 Å². The number of rotatable bonds is 8. The number of aryl methyl sites for hydroxylation is 1. The Balaban J connectivity index is 1.71. The van der Waals surface area contributed by atoms with Crippen molar-refractivity contribution in [1.82, 2.24) is 0 Å². The highest BCUT2D eigenvalue weighted by atomic mass is 16.7. The molecule has 4 nitrogen and oxygen atoms in total. The largest absolute Gasteiger partial charge is 0.449 e. The molecule has 1 unspecified atom stereocenters. The lowest BCUT2D eigenvalue weighted by atomic mass is 10.1. The molecule has 0 aromatic heterocycles. The number of ether oxygens (including phenoxy) is 4. The number of fused-ring (bicyclic) bond motifs is 1. The first-order valence-electron chi connectivity index (χ1n) is 7.58. The van der Waals surface area contributed by atoms with E-state index in [0.29, 0.717) is 5.92 Å². The predicted molar refractivity (Wildman–Crippen MR) is 82.0 cm³/mol. The van der Waals surface area contributed by atoms with Crippen LogP contribution in [-0.4, -0.2) is 32.7 Å². The van der Waals surface area contributed by atoms with Crippen LogP contribution in [0.15, 0.2) is 18.2 Å². The molecule has 0 saturated heterocycles. The van der Waals surface area contributed by atoms with Gasteiger partial charge in [-0.3, -0.25) is 0 Å². The van der Waals surface area contributed by atoms with E-state index < -0.39 is 5.79 Å². The van der Waals surface area contributed by atoms with Crippen molar-refractivity contribution >= 4 is 0 Å². The van der Waals surface area contributed by atoms with Crippen molar-refractivity contribution in [3.8, 4) is 11.5 Å². The minimum Gasteiger partial charge on any atom is -0.449 e. The van der Waals surface area contributed by atoms with Gasteiger partial charge in [0.05, 0.1) is 13.2 Å². The zero-order valence-electron chi connectivity index (χ0n) is 13.5. The quantitative estimate of drug-likeness (QED) is 0.688. The van der Waals surface area contributed by atoms with Gasteiger partial charge in [-0.05, 0) is 30.5 Å². The summed E-state index contributed by atoms with van der Waals surface area (Å²) in [7, 11) is 1.72. The van der Waals surface area contributed by atoms with Gasteiger partial charge in [0.25, 0.3) is 0 Å². The number of benzene rings is 1. The van der Waals surface area contributed by atoms with E-state index in [-0.39, 0.29) is 0 Å². The molecule has 0 saturated carbocycles. The highest BCUT2D eigenvalue weighted by Gasteiger charge is 2.31. The fraction of sp³-hybridized carbons (Fsp3) is 0.647. The summed E-state index contributed by atoms with van der Waals surface area (Å²) in [5.74, 6) is 1.56. The second-order valence-corrected chi connectivity index (χ2v) is 6.12. The van der Waals surface area contributed by atoms with Gasteiger partial charge in [0, 0.05) is 33.5 Å². The lowest BCUT2D eigenvalue weighted by Gasteiger charge is -2.16. The van der Waals surface area contributed by atoms with Crippen molar-refractivity contribution in [2.24, 2.45) is 5.92 Å². The molecular weight excluding hydrogens is 268 g/mol. The van der Waals surface area contributed by atoms with Crippen LogP contribution in [0.4, 0.5) is 0 Å². The van der Waals surface area contributed by atoms with Crippen molar-refractivity contribution < 1.29 is 18.9 Å². The van der Waals surface area contributed by atoms with Gasteiger partial charge < -0.3 is 18.9 Å². The summed E-state index contributed by atoms with van der Waals surface area (Å²) < 4.78 is 22.2. The van der Waals surface area contributed by atoms with Gasteiger partial charge in [-0.2, -0.15) is 0 Å². The first-order valence-corrected chi connectivity index (χ1v) is 7.58. The molecule has 21 heavy (non-hydrogen) atoms. The van der Waals surface area contributed by atoms with Crippen LogP contribution in [0.3, 0.4) is 0 Å². The van der Waals surface area contributed by atoms with Crippen molar-refractivity contribution in [2.45, 2.75) is 39.4 Å². The van der Waals surface area contributed by atoms with Crippen LogP contribution >= 0.6 is 0 Å². The van der Waals surface area contributed by atoms with Crippen LogP contribution in [0.25, 0.3) is 0 Å². The Morgan fingerprint density at radius 3 is 2.67 bits per heavy atom. The summed E-state index contributed by atoms with van der Waals surface area (Å²) >= 11 is 0. The van der Waals surface area contributed by atoms with Crippen LogP contribution in [0.5, 0.6) is 11.5 Å². The number of hydrogen-bond acceptors (Lipinski definition) is 4. The Bertz CT molecular complexity index is 456. The van der Waals surface area contributed by atoms with Crippen molar-refractivity contribution in [3.63, 3.8) is 0 Å². The summed E-state index contributed by atoms with van der Waals surface area (Å²) in [6.07, 6.45) is 1.98. The molecular formula is C17H26O4. The highest BCUT2D eigenvalue weighted by molar-refractivity contribution is 5.45. The molecule has 0 amide bonds. The van der Waals surface area contributed by atoms with Crippen molar-refractivity contribution in [3.05, 3.63) is 23.8 Å². The molecule has 1 aliphatic heterocycles. The predicted octanol–water partition coefficient (Wildman–Crippen LogP) is 3.43. The van der Waals surface area contributed by atoms with Crippen LogP contribution in [-0.2, 0) is 15.9 Å². The van der Waals surface area contributed by atoms with Gasteiger partial charge in [-0.25, -0.2) is 0 Å². The fourth-order valence-corrected chi connectivity index (χ4v) is 2.42. The summed E-state index contributed by atoms with van der Waals surface area (Å²) in [6.45, 7) is 8.24. The Labute approximate surface area is 127 Å². The van der Waals surface area contributed by atoms with Crippen molar-refractivity contribution in [2.75, 3.05) is 26.9 Å². The second-order valence-electron chi connectivity index (χ2n) is 6.12. The minimum atomic E-state index is -0.554. The van der Waals surface area contributed by atoms with Gasteiger partial charge in [0.15, 0.2) is 11.5 Å². The van der Waals surface area contributed by atoms with Gasteiger partial charge >= 0.3 is 0 Å². The average molecular weight is 294 g/mol. The maximum atomic E-state index is 5.75.